The highest BCUT2D eigenvalue weighted by Gasteiger charge is 2.15. The summed E-state index contributed by atoms with van der Waals surface area (Å²) in [5, 5.41) is 2.69. The van der Waals surface area contributed by atoms with Crippen molar-refractivity contribution in [3.05, 3.63) is 60.2 Å². The predicted molar refractivity (Wildman–Crippen MR) is 84.9 cm³/mol. The fourth-order valence-electron chi connectivity index (χ4n) is 1.75. The van der Waals surface area contributed by atoms with Gasteiger partial charge in [-0.25, -0.2) is 8.42 Å². The van der Waals surface area contributed by atoms with Crippen LogP contribution in [0.25, 0.3) is 0 Å². The van der Waals surface area contributed by atoms with E-state index in [1.54, 1.807) is 30.3 Å². The van der Waals surface area contributed by atoms with E-state index in [2.05, 4.69) is 16.0 Å². The Kier molecular flexibility index (Phi) is 4.94. The van der Waals surface area contributed by atoms with Crippen molar-refractivity contribution in [2.45, 2.75) is 4.90 Å². The average molecular weight is 314 g/mol. The number of hydrogen-bond acceptors (Lipinski definition) is 3. The molecule has 0 saturated heterocycles. The van der Waals surface area contributed by atoms with Crippen LogP contribution >= 0.6 is 0 Å². The van der Waals surface area contributed by atoms with Gasteiger partial charge >= 0.3 is 0 Å². The first kappa shape index (κ1) is 15.8. The second-order valence-corrected chi connectivity index (χ2v) is 6.14. The minimum atomic E-state index is -3.72. The Bertz CT molecular complexity index is 809. The zero-order valence-electron chi connectivity index (χ0n) is 11.6. The Morgan fingerprint density at radius 3 is 2.50 bits per heavy atom. The topological polar surface area (TPSA) is 75.3 Å². The molecule has 0 aliphatic carbocycles. The Labute approximate surface area is 129 Å². The monoisotopic (exact) mass is 314 g/mol. The van der Waals surface area contributed by atoms with E-state index in [0.29, 0.717) is 5.69 Å². The summed E-state index contributed by atoms with van der Waals surface area (Å²) in [5.74, 6) is 1.81. The third kappa shape index (κ3) is 3.95. The molecule has 0 heterocycles. The summed E-state index contributed by atoms with van der Waals surface area (Å²) in [4.78, 5) is 12.1. The molecule has 0 saturated carbocycles. The van der Waals surface area contributed by atoms with E-state index in [4.69, 9.17) is 6.42 Å². The van der Waals surface area contributed by atoms with Crippen LogP contribution in [0, 0.1) is 12.3 Å². The lowest BCUT2D eigenvalue weighted by molar-refractivity contribution is 0.102. The minimum Gasteiger partial charge on any atom is -0.322 e. The standard InChI is InChI=1S/C16H14N2O3S/c1-2-11-17-22(20,21)15-10-6-7-13(12-15)16(19)18-14-8-4-3-5-9-14/h1,3-10,12,17H,11H2,(H,18,19). The van der Waals surface area contributed by atoms with E-state index in [0.717, 1.165) is 0 Å². The molecule has 2 aromatic rings. The lowest BCUT2D eigenvalue weighted by atomic mass is 10.2. The van der Waals surface area contributed by atoms with Crippen molar-refractivity contribution in [1.82, 2.24) is 4.72 Å². The van der Waals surface area contributed by atoms with Gasteiger partial charge < -0.3 is 5.32 Å². The average Bonchev–Trinajstić information content (AvgIpc) is 2.54. The van der Waals surface area contributed by atoms with Gasteiger partial charge in [-0.05, 0) is 30.3 Å². The maximum Gasteiger partial charge on any atom is 0.255 e. The molecule has 22 heavy (non-hydrogen) atoms. The van der Waals surface area contributed by atoms with Crippen molar-refractivity contribution >= 4 is 21.6 Å². The second kappa shape index (κ2) is 6.89. The number of hydrogen-bond donors (Lipinski definition) is 2. The van der Waals surface area contributed by atoms with E-state index < -0.39 is 10.0 Å². The van der Waals surface area contributed by atoms with Crippen LogP contribution in [-0.4, -0.2) is 20.9 Å². The van der Waals surface area contributed by atoms with E-state index in [1.807, 2.05) is 6.07 Å². The van der Waals surface area contributed by atoms with Crippen LogP contribution in [-0.2, 0) is 10.0 Å². The third-order valence-corrected chi connectivity index (χ3v) is 4.20. The molecule has 0 bridgehead atoms. The molecule has 2 aromatic carbocycles. The zero-order valence-corrected chi connectivity index (χ0v) is 12.4. The molecule has 112 valence electrons. The van der Waals surface area contributed by atoms with Crippen LogP contribution in [0.15, 0.2) is 59.5 Å². The number of sulfonamides is 1. The summed E-state index contributed by atoms with van der Waals surface area (Å²) < 4.78 is 26.2. The van der Waals surface area contributed by atoms with Crippen molar-refractivity contribution in [2.75, 3.05) is 11.9 Å². The van der Waals surface area contributed by atoms with Crippen LogP contribution in [0.5, 0.6) is 0 Å². The molecular weight excluding hydrogens is 300 g/mol. The molecule has 2 N–H and O–H groups in total. The summed E-state index contributed by atoms with van der Waals surface area (Å²) in [6.45, 7) is -0.108. The quantitative estimate of drug-likeness (QED) is 0.827. The number of terminal acetylenes is 1. The van der Waals surface area contributed by atoms with Gasteiger partial charge in [0.1, 0.15) is 0 Å². The fourth-order valence-corrected chi connectivity index (χ4v) is 2.73. The van der Waals surface area contributed by atoms with Gasteiger partial charge in [-0.15, -0.1) is 6.42 Å². The first-order valence-corrected chi connectivity index (χ1v) is 7.91. The molecule has 2 rings (SSSR count). The summed E-state index contributed by atoms with van der Waals surface area (Å²) in [6, 6.07) is 14.7. The van der Waals surface area contributed by atoms with E-state index in [1.165, 1.54) is 18.2 Å². The summed E-state index contributed by atoms with van der Waals surface area (Å²) in [7, 11) is -3.72. The largest absolute Gasteiger partial charge is 0.322 e. The Balaban J connectivity index is 2.21. The SMILES string of the molecule is C#CCNS(=O)(=O)c1cccc(C(=O)Nc2ccccc2)c1. The molecule has 0 spiro atoms. The smallest absolute Gasteiger partial charge is 0.255 e. The van der Waals surface area contributed by atoms with E-state index >= 15 is 0 Å². The van der Waals surface area contributed by atoms with E-state index in [9.17, 15) is 13.2 Å². The van der Waals surface area contributed by atoms with Crippen LogP contribution < -0.4 is 10.0 Å². The Hall–Kier alpha value is -2.62. The van der Waals surface area contributed by atoms with Gasteiger partial charge in [-0.3, -0.25) is 4.79 Å². The van der Waals surface area contributed by atoms with Gasteiger partial charge in [0.2, 0.25) is 10.0 Å². The first-order chi connectivity index (χ1) is 10.5. The highest BCUT2D eigenvalue weighted by molar-refractivity contribution is 7.89. The lowest BCUT2D eigenvalue weighted by Crippen LogP contribution is -2.24. The van der Waals surface area contributed by atoms with E-state index in [-0.39, 0.29) is 22.9 Å². The third-order valence-electron chi connectivity index (χ3n) is 2.80. The molecule has 0 atom stereocenters. The molecular formula is C16H14N2O3S. The number of rotatable bonds is 5. The maximum atomic E-state index is 12.1. The van der Waals surface area contributed by atoms with Crippen LogP contribution in [0.3, 0.4) is 0 Å². The van der Waals surface area contributed by atoms with Gasteiger partial charge in [-0.2, -0.15) is 4.72 Å². The normalized spacial score (nSPS) is 10.7. The molecule has 0 unspecified atom stereocenters. The highest BCUT2D eigenvalue weighted by atomic mass is 32.2. The predicted octanol–water partition coefficient (Wildman–Crippen LogP) is 1.85. The number of nitrogens with one attached hydrogen (secondary N) is 2. The first-order valence-electron chi connectivity index (χ1n) is 6.42. The number of carbonyl (C=O) groups is 1. The summed E-state index contributed by atoms with van der Waals surface area (Å²) >= 11 is 0. The number of para-hydroxylation sites is 1. The van der Waals surface area contributed by atoms with Crippen molar-refractivity contribution in [3.8, 4) is 12.3 Å². The fraction of sp³-hybridized carbons (Fsp3) is 0.0625. The van der Waals surface area contributed by atoms with Gasteiger partial charge in [-0.1, -0.05) is 30.2 Å². The zero-order chi connectivity index (χ0) is 16.0. The molecule has 0 aliphatic rings. The lowest BCUT2D eigenvalue weighted by Gasteiger charge is -2.08. The van der Waals surface area contributed by atoms with Gasteiger partial charge in [0.05, 0.1) is 11.4 Å². The highest BCUT2D eigenvalue weighted by Crippen LogP contribution is 2.13. The Morgan fingerprint density at radius 1 is 1.09 bits per heavy atom. The Morgan fingerprint density at radius 2 is 1.82 bits per heavy atom. The summed E-state index contributed by atoms with van der Waals surface area (Å²) in [6.07, 6.45) is 5.04. The molecule has 1 amide bonds. The van der Waals surface area contributed by atoms with Gasteiger partial charge in [0, 0.05) is 11.3 Å². The maximum absolute atomic E-state index is 12.1. The van der Waals surface area contributed by atoms with Crippen LogP contribution in [0.1, 0.15) is 10.4 Å². The van der Waals surface area contributed by atoms with Gasteiger partial charge in [0.25, 0.3) is 5.91 Å². The van der Waals surface area contributed by atoms with Crippen molar-refractivity contribution < 1.29 is 13.2 Å². The second-order valence-electron chi connectivity index (χ2n) is 4.38. The molecule has 6 heteroatoms. The van der Waals surface area contributed by atoms with Crippen molar-refractivity contribution in [2.24, 2.45) is 0 Å². The van der Waals surface area contributed by atoms with Crippen molar-refractivity contribution in [3.63, 3.8) is 0 Å². The number of anilines is 1. The minimum absolute atomic E-state index is 0.0107. The number of benzene rings is 2. The van der Waals surface area contributed by atoms with Crippen molar-refractivity contribution in [1.29, 1.82) is 0 Å². The molecule has 0 aliphatic heterocycles. The van der Waals surface area contributed by atoms with Crippen LogP contribution in [0.2, 0.25) is 0 Å². The number of carbonyl (C=O) groups excluding carboxylic acids is 1. The molecule has 0 radical (unpaired) electrons. The van der Waals surface area contributed by atoms with Crippen LogP contribution in [0.4, 0.5) is 5.69 Å². The number of amides is 1. The molecule has 0 aromatic heterocycles. The molecule has 0 fully saturated rings. The summed E-state index contributed by atoms with van der Waals surface area (Å²) in [5.41, 5.74) is 0.874. The van der Waals surface area contributed by atoms with Gasteiger partial charge in [0.15, 0.2) is 0 Å². The molecule has 5 nitrogen and oxygen atoms in total.